The number of anilines is 1. The van der Waals surface area contributed by atoms with Gasteiger partial charge in [0.25, 0.3) is 5.91 Å². The van der Waals surface area contributed by atoms with E-state index in [9.17, 15) is 4.79 Å². The topological polar surface area (TPSA) is 72.9 Å². The molecule has 21 heavy (non-hydrogen) atoms. The number of amides is 1. The maximum absolute atomic E-state index is 12.2. The molecule has 1 aromatic heterocycles. The predicted octanol–water partition coefficient (Wildman–Crippen LogP) is 1.60. The molecule has 1 aromatic carbocycles. The Balaban J connectivity index is 2.24. The van der Waals surface area contributed by atoms with Gasteiger partial charge in [0.05, 0.1) is 18.3 Å². The van der Waals surface area contributed by atoms with Crippen LogP contribution in [0.5, 0.6) is 0 Å². The lowest BCUT2D eigenvalue weighted by Gasteiger charge is -2.07. The molecule has 5 nitrogen and oxygen atoms in total. The van der Waals surface area contributed by atoms with Gasteiger partial charge in [-0.25, -0.2) is 0 Å². The molecule has 0 atom stereocenters. The molecule has 0 saturated heterocycles. The molecule has 2 rings (SSSR count). The van der Waals surface area contributed by atoms with Gasteiger partial charge in [-0.3, -0.25) is 9.48 Å². The molecule has 0 aliphatic rings. The van der Waals surface area contributed by atoms with Crippen molar-refractivity contribution in [3.8, 4) is 11.8 Å². The van der Waals surface area contributed by atoms with Gasteiger partial charge in [0.1, 0.15) is 0 Å². The molecule has 0 aliphatic carbocycles. The fraction of sp³-hybridized carbons (Fsp3) is 0.250. The average Bonchev–Trinajstić information content (AvgIpc) is 2.79. The molecular formula is C16H18N4O. The molecule has 0 bridgehead atoms. The van der Waals surface area contributed by atoms with E-state index in [4.69, 9.17) is 5.73 Å². The first-order valence-electron chi connectivity index (χ1n) is 6.62. The van der Waals surface area contributed by atoms with Gasteiger partial charge in [0.15, 0.2) is 0 Å². The van der Waals surface area contributed by atoms with E-state index in [2.05, 4.69) is 22.3 Å². The van der Waals surface area contributed by atoms with Crippen LogP contribution >= 0.6 is 0 Å². The third-order valence-electron chi connectivity index (χ3n) is 3.30. The van der Waals surface area contributed by atoms with Gasteiger partial charge in [-0.1, -0.05) is 17.9 Å². The van der Waals surface area contributed by atoms with E-state index in [0.29, 0.717) is 17.8 Å². The Morgan fingerprint density at radius 1 is 1.43 bits per heavy atom. The summed E-state index contributed by atoms with van der Waals surface area (Å²) in [5.41, 5.74) is 9.39. The summed E-state index contributed by atoms with van der Waals surface area (Å²) in [7, 11) is 1.80. The molecule has 1 heterocycles. The number of aryl methyl sites for hydroxylation is 2. The summed E-state index contributed by atoms with van der Waals surface area (Å²) in [5.74, 6) is 5.64. The highest BCUT2D eigenvalue weighted by atomic mass is 16.1. The molecule has 5 heteroatoms. The minimum Gasteiger partial charge on any atom is -0.322 e. The van der Waals surface area contributed by atoms with Crippen LogP contribution in [0.15, 0.2) is 24.4 Å². The highest BCUT2D eigenvalue weighted by molar-refractivity contribution is 6.05. The van der Waals surface area contributed by atoms with Crippen molar-refractivity contribution in [1.29, 1.82) is 0 Å². The summed E-state index contributed by atoms with van der Waals surface area (Å²) < 4.78 is 1.67. The highest BCUT2D eigenvalue weighted by Gasteiger charge is 2.13. The van der Waals surface area contributed by atoms with Crippen LogP contribution in [-0.4, -0.2) is 22.2 Å². The second kappa shape index (κ2) is 6.25. The van der Waals surface area contributed by atoms with Crippen molar-refractivity contribution >= 4 is 11.6 Å². The number of carbonyl (C=O) groups is 1. The summed E-state index contributed by atoms with van der Waals surface area (Å²) in [6.07, 6.45) is 1.56. The molecule has 3 N–H and O–H groups in total. The van der Waals surface area contributed by atoms with Crippen molar-refractivity contribution in [3.05, 3.63) is 46.8 Å². The zero-order valence-corrected chi connectivity index (χ0v) is 12.4. The number of hydrogen-bond donors (Lipinski definition) is 2. The Morgan fingerprint density at radius 2 is 2.19 bits per heavy atom. The maximum Gasteiger partial charge on any atom is 0.259 e. The number of carbonyl (C=O) groups excluding carboxylic acids is 1. The number of nitrogens with two attached hydrogens (primary N) is 1. The summed E-state index contributed by atoms with van der Waals surface area (Å²) in [6.45, 7) is 4.14. The zero-order valence-electron chi connectivity index (χ0n) is 12.4. The van der Waals surface area contributed by atoms with E-state index in [1.165, 1.54) is 0 Å². The first kappa shape index (κ1) is 14.8. The Morgan fingerprint density at radius 3 is 2.81 bits per heavy atom. The molecule has 0 unspecified atom stereocenters. The lowest BCUT2D eigenvalue weighted by molar-refractivity contribution is 0.102. The summed E-state index contributed by atoms with van der Waals surface area (Å²) in [6, 6.07) is 5.63. The number of hydrogen-bond acceptors (Lipinski definition) is 3. The summed E-state index contributed by atoms with van der Waals surface area (Å²) >= 11 is 0. The SMILES string of the molecule is Cc1ccc(NC(=O)c2cnn(C)c2C)cc1C#CCN. The molecule has 0 saturated carbocycles. The molecule has 0 aliphatic heterocycles. The molecule has 0 radical (unpaired) electrons. The number of benzene rings is 1. The normalized spacial score (nSPS) is 9.90. The molecule has 108 valence electrons. The van der Waals surface area contributed by atoms with Crippen molar-refractivity contribution in [2.75, 3.05) is 11.9 Å². The van der Waals surface area contributed by atoms with Crippen molar-refractivity contribution in [2.45, 2.75) is 13.8 Å². The van der Waals surface area contributed by atoms with Gasteiger partial charge in [0, 0.05) is 24.0 Å². The summed E-state index contributed by atoms with van der Waals surface area (Å²) in [4.78, 5) is 12.2. The second-order valence-corrected chi connectivity index (χ2v) is 4.76. The van der Waals surface area contributed by atoms with Gasteiger partial charge in [-0.15, -0.1) is 0 Å². The number of aromatic nitrogens is 2. The number of nitrogens with zero attached hydrogens (tertiary/aromatic N) is 2. The van der Waals surface area contributed by atoms with Gasteiger partial charge in [0.2, 0.25) is 0 Å². The van der Waals surface area contributed by atoms with Crippen molar-refractivity contribution in [2.24, 2.45) is 12.8 Å². The maximum atomic E-state index is 12.2. The molecule has 0 spiro atoms. The lowest BCUT2D eigenvalue weighted by Crippen LogP contribution is -2.13. The van der Waals surface area contributed by atoms with Crippen molar-refractivity contribution in [3.63, 3.8) is 0 Å². The van der Waals surface area contributed by atoms with Gasteiger partial charge >= 0.3 is 0 Å². The van der Waals surface area contributed by atoms with E-state index in [-0.39, 0.29) is 5.91 Å². The van der Waals surface area contributed by atoms with Crippen LogP contribution in [0.2, 0.25) is 0 Å². The van der Waals surface area contributed by atoms with Gasteiger partial charge in [-0.2, -0.15) is 5.10 Å². The molecule has 2 aromatic rings. The standard InChI is InChI=1S/C16H18N4O/c1-11-6-7-14(9-13(11)5-4-8-17)19-16(21)15-10-18-20(3)12(15)2/h6-7,9-10H,8,17H2,1-3H3,(H,19,21). The Hall–Kier alpha value is -2.58. The third kappa shape index (κ3) is 3.30. The molecule has 1 amide bonds. The highest BCUT2D eigenvalue weighted by Crippen LogP contribution is 2.16. The van der Waals surface area contributed by atoms with Crippen LogP contribution in [-0.2, 0) is 7.05 Å². The largest absolute Gasteiger partial charge is 0.322 e. The van der Waals surface area contributed by atoms with Crippen LogP contribution < -0.4 is 11.1 Å². The minimum absolute atomic E-state index is 0.179. The number of rotatable bonds is 2. The van der Waals surface area contributed by atoms with E-state index in [0.717, 1.165) is 16.8 Å². The zero-order chi connectivity index (χ0) is 15.4. The van der Waals surface area contributed by atoms with Crippen LogP contribution in [0.1, 0.15) is 27.2 Å². The number of nitrogens with one attached hydrogen (secondary N) is 1. The smallest absolute Gasteiger partial charge is 0.259 e. The van der Waals surface area contributed by atoms with Crippen LogP contribution in [0.3, 0.4) is 0 Å². The fourth-order valence-electron chi connectivity index (χ4n) is 1.90. The van der Waals surface area contributed by atoms with Gasteiger partial charge < -0.3 is 11.1 Å². The fourth-order valence-corrected chi connectivity index (χ4v) is 1.90. The van der Waals surface area contributed by atoms with E-state index < -0.39 is 0 Å². The molecule has 0 fully saturated rings. The Kier molecular flexibility index (Phi) is 4.41. The third-order valence-corrected chi connectivity index (χ3v) is 3.30. The van der Waals surface area contributed by atoms with Crippen LogP contribution in [0, 0.1) is 25.7 Å². The predicted molar refractivity (Wildman–Crippen MR) is 83.0 cm³/mol. The van der Waals surface area contributed by atoms with Crippen molar-refractivity contribution < 1.29 is 4.79 Å². The lowest BCUT2D eigenvalue weighted by atomic mass is 10.1. The van der Waals surface area contributed by atoms with Gasteiger partial charge in [-0.05, 0) is 31.5 Å². The van der Waals surface area contributed by atoms with Crippen LogP contribution in [0.4, 0.5) is 5.69 Å². The van der Waals surface area contributed by atoms with Crippen LogP contribution in [0.25, 0.3) is 0 Å². The quantitative estimate of drug-likeness (QED) is 0.822. The first-order valence-corrected chi connectivity index (χ1v) is 6.62. The first-order chi connectivity index (χ1) is 10.0. The van der Waals surface area contributed by atoms with E-state index in [1.54, 1.807) is 17.9 Å². The molecular weight excluding hydrogens is 264 g/mol. The Bertz CT molecular complexity index is 734. The van der Waals surface area contributed by atoms with E-state index in [1.807, 2.05) is 32.0 Å². The summed E-state index contributed by atoms with van der Waals surface area (Å²) in [5, 5.41) is 6.94. The average molecular weight is 282 g/mol. The Labute approximate surface area is 124 Å². The minimum atomic E-state index is -0.179. The monoisotopic (exact) mass is 282 g/mol. The second-order valence-electron chi connectivity index (χ2n) is 4.76. The van der Waals surface area contributed by atoms with E-state index >= 15 is 0 Å². The van der Waals surface area contributed by atoms with Crippen molar-refractivity contribution in [1.82, 2.24) is 9.78 Å².